The topological polar surface area (TPSA) is 94.0 Å². The van der Waals surface area contributed by atoms with E-state index < -0.39 is 5.91 Å². The highest BCUT2D eigenvalue weighted by molar-refractivity contribution is 7.18. The SMILES string of the molecule is CC(=O)c1csc(NC(=O)Cn2cnc3scc(-c4cccs4)c3c2=O)n1. The van der Waals surface area contributed by atoms with Gasteiger partial charge in [-0.15, -0.1) is 34.0 Å². The number of hydrogen-bond acceptors (Lipinski definition) is 8. The summed E-state index contributed by atoms with van der Waals surface area (Å²) in [5.74, 6) is -0.577. The van der Waals surface area contributed by atoms with Crippen molar-refractivity contribution >= 4 is 61.0 Å². The molecule has 0 aliphatic carbocycles. The standard InChI is InChI=1S/C17H12N4O3S3/c1-9(22)11-7-27-17(19-11)20-13(23)5-21-8-18-15-14(16(21)24)10(6-26-15)12-3-2-4-25-12/h2-4,6-8H,5H2,1H3,(H,19,20,23). The Balaban J connectivity index is 1.61. The number of thiazole rings is 1. The molecule has 7 nitrogen and oxygen atoms in total. The molecule has 4 heterocycles. The van der Waals surface area contributed by atoms with Gasteiger partial charge >= 0.3 is 0 Å². The van der Waals surface area contributed by atoms with Crippen LogP contribution in [0.15, 0.2) is 39.4 Å². The number of amides is 1. The van der Waals surface area contributed by atoms with Crippen LogP contribution in [0.3, 0.4) is 0 Å². The number of thiophene rings is 2. The van der Waals surface area contributed by atoms with Crippen molar-refractivity contribution in [3.63, 3.8) is 0 Å². The van der Waals surface area contributed by atoms with Crippen LogP contribution in [0.2, 0.25) is 0 Å². The van der Waals surface area contributed by atoms with E-state index >= 15 is 0 Å². The number of anilines is 1. The Morgan fingerprint density at radius 2 is 2.07 bits per heavy atom. The highest BCUT2D eigenvalue weighted by Gasteiger charge is 2.16. The fraction of sp³-hybridized carbons (Fsp3) is 0.118. The molecule has 0 saturated carbocycles. The number of Topliss-reactive ketones (excluding diaryl/α,β-unsaturated/α-hetero) is 1. The first kappa shape index (κ1) is 17.7. The summed E-state index contributed by atoms with van der Waals surface area (Å²) in [6.45, 7) is 1.23. The zero-order valence-electron chi connectivity index (χ0n) is 14.0. The molecule has 10 heteroatoms. The van der Waals surface area contributed by atoms with E-state index in [2.05, 4.69) is 15.3 Å². The molecule has 0 saturated heterocycles. The van der Waals surface area contributed by atoms with Crippen molar-refractivity contribution in [3.8, 4) is 10.4 Å². The molecule has 0 bridgehead atoms. The Hall–Kier alpha value is -2.69. The van der Waals surface area contributed by atoms with Gasteiger partial charge in [0, 0.05) is 28.1 Å². The van der Waals surface area contributed by atoms with Crippen LogP contribution in [0.1, 0.15) is 17.4 Å². The minimum Gasteiger partial charge on any atom is -0.300 e. The summed E-state index contributed by atoms with van der Waals surface area (Å²) in [5, 5.41) is 8.89. The Kier molecular flexibility index (Phi) is 4.68. The van der Waals surface area contributed by atoms with Crippen molar-refractivity contribution in [2.24, 2.45) is 0 Å². The molecule has 0 fully saturated rings. The molecule has 0 aliphatic heterocycles. The second-order valence-electron chi connectivity index (χ2n) is 5.63. The van der Waals surface area contributed by atoms with Gasteiger partial charge < -0.3 is 5.32 Å². The van der Waals surface area contributed by atoms with Crippen molar-refractivity contribution in [2.45, 2.75) is 13.5 Å². The number of ketones is 1. The summed E-state index contributed by atoms with van der Waals surface area (Å²) in [6, 6.07) is 3.87. The maximum Gasteiger partial charge on any atom is 0.263 e. The van der Waals surface area contributed by atoms with Crippen LogP contribution in [-0.4, -0.2) is 26.2 Å². The third kappa shape index (κ3) is 3.46. The Morgan fingerprint density at radius 3 is 2.78 bits per heavy atom. The quantitative estimate of drug-likeness (QED) is 0.503. The summed E-state index contributed by atoms with van der Waals surface area (Å²) in [6.07, 6.45) is 1.38. The van der Waals surface area contributed by atoms with E-state index in [-0.39, 0.29) is 17.9 Å². The fourth-order valence-corrected chi connectivity index (χ4v) is 4.99. The van der Waals surface area contributed by atoms with Gasteiger partial charge in [0.2, 0.25) is 5.91 Å². The second-order valence-corrected chi connectivity index (χ2v) is 8.29. The number of aromatic nitrogens is 3. The number of fused-ring (bicyclic) bond motifs is 1. The van der Waals surface area contributed by atoms with E-state index in [9.17, 15) is 14.4 Å². The molecule has 27 heavy (non-hydrogen) atoms. The molecule has 0 atom stereocenters. The van der Waals surface area contributed by atoms with Crippen LogP contribution in [0.4, 0.5) is 5.13 Å². The minimum absolute atomic E-state index is 0.170. The number of nitrogens with one attached hydrogen (secondary N) is 1. The zero-order chi connectivity index (χ0) is 19.0. The number of carbonyl (C=O) groups excluding carboxylic acids is 2. The molecule has 136 valence electrons. The lowest BCUT2D eigenvalue weighted by Gasteiger charge is -2.05. The van der Waals surface area contributed by atoms with Crippen molar-refractivity contribution in [3.05, 3.63) is 50.6 Å². The van der Waals surface area contributed by atoms with Crippen LogP contribution in [0, 0.1) is 0 Å². The summed E-state index contributed by atoms with van der Waals surface area (Å²) in [4.78, 5) is 46.4. The molecule has 4 rings (SSSR count). The first-order valence-electron chi connectivity index (χ1n) is 7.80. The van der Waals surface area contributed by atoms with Gasteiger partial charge in [0.05, 0.1) is 11.7 Å². The van der Waals surface area contributed by atoms with Crippen molar-refractivity contribution < 1.29 is 9.59 Å². The molecule has 0 radical (unpaired) electrons. The molecule has 0 unspecified atom stereocenters. The van der Waals surface area contributed by atoms with Gasteiger partial charge in [0.25, 0.3) is 5.56 Å². The van der Waals surface area contributed by atoms with Gasteiger partial charge in [-0.05, 0) is 11.4 Å². The van der Waals surface area contributed by atoms with Crippen molar-refractivity contribution in [1.29, 1.82) is 0 Å². The minimum atomic E-state index is -0.407. The lowest BCUT2D eigenvalue weighted by atomic mass is 10.2. The molecule has 4 aromatic heterocycles. The largest absolute Gasteiger partial charge is 0.300 e. The van der Waals surface area contributed by atoms with Gasteiger partial charge in [0.15, 0.2) is 10.9 Å². The Labute approximate surface area is 165 Å². The van der Waals surface area contributed by atoms with Gasteiger partial charge in [0.1, 0.15) is 17.1 Å². The van der Waals surface area contributed by atoms with Crippen LogP contribution in [0.5, 0.6) is 0 Å². The number of hydrogen-bond donors (Lipinski definition) is 1. The van der Waals surface area contributed by atoms with E-state index in [4.69, 9.17) is 0 Å². The van der Waals surface area contributed by atoms with E-state index in [1.165, 1.54) is 29.2 Å². The molecule has 1 N–H and O–H groups in total. The molecular weight excluding hydrogens is 404 g/mol. The summed E-state index contributed by atoms with van der Waals surface area (Å²) in [7, 11) is 0. The number of nitrogens with zero attached hydrogens (tertiary/aromatic N) is 3. The fourth-order valence-electron chi connectivity index (χ4n) is 2.50. The van der Waals surface area contributed by atoms with Gasteiger partial charge in [-0.1, -0.05) is 6.07 Å². The number of rotatable bonds is 5. The third-order valence-corrected chi connectivity index (χ3v) is 6.32. The summed E-state index contributed by atoms with van der Waals surface area (Å²) < 4.78 is 1.28. The predicted octanol–water partition coefficient (Wildman–Crippen LogP) is 3.48. The van der Waals surface area contributed by atoms with E-state index in [1.54, 1.807) is 16.7 Å². The van der Waals surface area contributed by atoms with Gasteiger partial charge in [-0.3, -0.25) is 19.0 Å². The molecule has 4 aromatic rings. The second kappa shape index (κ2) is 7.14. The van der Waals surface area contributed by atoms with Crippen molar-refractivity contribution in [2.75, 3.05) is 5.32 Å². The molecule has 0 spiro atoms. The molecular formula is C17H12N4O3S3. The average molecular weight is 417 g/mol. The normalized spacial score (nSPS) is 11.0. The maximum absolute atomic E-state index is 12.9. The lowest BCUT2D eigenvalue weighted by molar-refractivity contribution is -0.116. The maximum atomic E-state index is 12.9. The monoisotopic (exact) mass is 416 g/mol. The van der Waals surface area contributed by atoms with Crippen LogP contribution >= 0.6 is 34.0 Å². The first-order valence-corrected chi connectivity index (χ1v) is 10.4. The van der Waals surface area contributed by atoms with E-state index in [0.717, 1.165) is 21.8 Å². The first-order chi connectivity index (χ1) is 13.0. The van der Waals surface area contributed by atoms with Crippen LogP contribution in [0.25, 0.3) is 20.7 Å². The van der Waals surface area contributed by atoms with Crippen LogP contribution in [-0.2, 0) is 11.3 Å². The Morgan fingerprint density at radius 1 is 1.22 bits per heavy atom. The van der Waals surface area contributed by atoms with Gasteiger partial charge in [-0.25, -0.2) is 9.97 Å². The third-order valence-electron chi connectivity index (χ3n) is 3.77. The average Bonchev–Trinajstić information content (AvgIpc) is 3.36. The summed E-state index contributed by atoms with van der Waals surface area (Å²) >= 11 is 4.11. The van der Waals surface area contributed by atoms with E-state index in [0.29, 0.717) is 21.0 Å². The van der Waals surface area contributed by atoms with Gasteiger partial charge in [-0.2, -0.15) is 0 Å². The zero-order valence-corrected chi connectivity index (χ0v) is 16.4. The van der Waals surface area contributed by atoms with Crippen LogP contribution < -0.4 is 10.9 Å². The number of carbonyl (C=O) groups is 2. The molecule has 1 amide bonds. The summed E-state index contributed by atoms with van der Waals surface area (Å²) in [5.41, 5.74) is 0.876. The highest BCUT2D eigenvalue weighted by Crippen LogP contribution is 2.33. The van der Waals surface area contributed by atoms with E-state index in [1.807, 2.05) is 22.9 Å². The predicted molar refractivity (Wildman–Crippen MR) is 108 cm³/mol. The molecule has 0 aliphatic rings. The Bertz CT molecular complexity index is 1200. The van der Waals surface area contributed by atoms with Crippen molar-refractivity contribution in [1.82, 2.24) is 14.5 Å². The smallest absolute Gasteiger partial charge is 0.263 e. The lowest BCUT2D eigenvalue weighted by Crippen LogP contribution is -2.27. The highest BCUT2D eigenvalue weighted by atomic mass is 32.1. The molecule has 0 aromatic carbocycles.